The van der Waals surface area contributed by atoms with Gasteiger partial charge in [-0.05, 0) is 45.4 Å². The molecule has 2 unspecified atom stereocenters. The van der Waals surface area contributed by atoms with Crippen LogP contribution in [0.2, 0.25) is 5.02 Å². The molecule has 2 atom stereocenters. The molecule has 0 aliphatic carbocycles. The summed E-state index contributed by atoms with van der Waals surface area (Å²) in [7, 11) is 0. The Bertz CT molecular complexity index is 612. The molecular weight excluding hydrogens is 344 g/mol. The fourth-order valence-electron chi connectivity index (χ4n) is 2.55. The number of carbonyl (C=O) groups excluding carboxylic acids is 2. The molecule has 2 amide bonds. The van der Waals surface area contributed by atoms with Crippen molar-refractivity contribution in [2.24, 2.45) is 0 Å². The molecule has 1 heterocycles. The van der Waals surface area contributed by atoms with Gasteiger partial charge in [0.15, 0.2) is 0 Å². The maximum absolute atomic E-state index is 12.6. The third-order valence-electron chi connectivity index (χ3n) is 3.72. The van der Waals surface area contributed by atoms with Crippen LogP contribution in [0.1, 0.15) is 39.4 Å². The number of carbonyl (C=O) groups is 2. The molecule has 138 valence electrons. The van der Waals surface area contributed by atoms with Crippen LogP contribution >= 0.6 is 11.6 Å². The van der Waals surface area contributed by atoms with Crippen molar-refractivity contribution in [1.29, 1.82) is 0 Å². The van der Waals surface area contributed by atoms with E-state index in [0.717, 1.165) is 5.56 Å². The third-order valence-corrected chi connectivity index (χ3v) is 3.98. The molecule has 25 heavy (non-hydrogen) atoms. The number of alkyl carbamates (subject to hydrolysis) is 1. The van der Waals surface area contributed by atoms with Crippen LogP contribution in [0.4, 0.5) is 4.79 Å². The number of hydrogen-bond acceptors (Lipinski definition) is 4. The lowest BCUT2D eigenvalue weighted by molar-refractivity contribution is -0.140. The monoisotopic (exact) mass is 368 g/mol. The van der Waals surface area contributed by atoms with E-state index in [1.165, 1.54) is 0 Å². The van der Waals surface area contributed by atoms with Crippen molar-refractivity contribution in [2.45, 2.75) is 45.4 Å². The Morgan fingerprint density at radius 3 is 2.56 bits per heavy atom. The van der Waals surface area contributed by atoms with Gasteiger partial charge in [0.2, 0.25) is 5.91 Å². The summed E-state index contributed by atoms with van der Waals surface area (Å²) in [5, 5.41) is 3.24. The Morgan fingerprint density at radius 1 is 1.32 bits per heavy atom. The fraction of sp³-hybridized carbons (Fsp3) is 0.556. The van der Waals surface area contributed by atoms with Crippen molar-refractivity contribution >= 4 is 23.6 Å². The van der Waals surface area contributed by atoms with Gasteiger partial charge in [0.1, 0.15) is 17.7 Å². The number of hydrogen-bond donors (Lipinski definition) is 1. The van der Waals surface area contributed by atoms with Crippen molar-refractivity contribution in [3.05, 3.63) is 34.9 Å². The molecule has 0 bridgehead atoms. The fourth-order valence-corrected chi connectivity index (χ4v) is 2.67. The van der Waals surface area contributed by atoms with Gasteiger partial charge >= 0.3 is 6.09 Å². The SMILES string of the molecule is CC(NC(=O)OC(C)(C)C)C(=O)N1CCOC(c2ccc(Cl)cc2)C1. The van der Waals surface area contributed by atoms with E-state index in [0.29, 0.717) is 24.7 Å². The van der Waals surface area contributed by atoms with Gasteiger partial charge in [0.25, 0.3) is 0 Å². The average Bonchev–Trinajstić information content (AvgIpc) is 2.53. The summed E-state index contributed by atoms with van der Waals surface area (Å²) in [4.78, 5) is 26.1. The van der Waals surface area contributed by atoms with Crippen LogP contribution in [0.25, 0.3) is 0 Å². The van der Waals surface area contributed by atoms with Crippen LogP contribution in [0.15, 0.2) is 24.3 Å². The van der Waals surface area contributed by atoms with Gasteiger partial charge in [-0.2, -0.15) is 0 Å². The molecule has 6 nitrogen and oxygen atoms in total. The lowest BCUT2D eigenvalue weighted by Crippen LogP contribution is -2.51. The topological polar surface area (TPSA) is 67.9 Å². The van der Waals surface area contributed by atoms with Gasteiger partial charge in [-0.1, -0.05) is 23.7 Å². The van der Waals surface area contributed by atoms with Crippen molar-refractivity contribution in [3.63, 3.8) is 0 Å². The Morgan fingerprint density at radius 2 is 1.96 bits per heavy atom. The molecule has 1 N–H and O–H groups in total. The predicted octanol–water partition coefficient (Wildman–Crippen LogP) is 3.15. The molecule has 0 aromatic heterocycles. The smallest absolute Gasteiger partial charge is 0.408 e. The molecule has 1 aliphatic heterocycles. The number of morpholine rings is 1. The number of benzene rings is 1. The molecule has 2 rings (SSSR count). The van der Waals surface area contributed by atoms with Gasteiger partial charge in [0.05, 0.1) is 13.2 Å². The van der Waals surface area contributed by atoms with Crippen LogP contribution in [-0.4, -0.2) is 48.2 Å². The lowest BCUT2D eigenvalue weighted by atomic mass is 10.1. The summed E-state index contributed by atoms with van der Waals surface area (Å²) < 4.78 is 11.0. The highest BCUT2D eigenvalue weighted by Gasteiger charge is 2.29. The van der Waals surface area contributed by atoms with Gasteiger partial charge in [-0.3, -0.25) is 4.79 Å². The van der Waals surface area contributed by atoms with Gasteiger partial charge in [0, 0.05) is 11.6 Å². The zero-order valence-corrected chi connectivity index (χ0v) is 15.8. The highest BCUT2D eigenvalue weighted by atomic mass is 35.5. The molecular formula is C18H25ClN2O4. The van der Waals surface area contributed by atoms with E-state index in [1.807, 2.05) is 12.1 Å². The summed E-state index contributed by atoms with van der Waals surface area (Å²) in [6.45, 7) is 8.34. The normalized spacial score (nSPS) is 19.2. The van der Waals surface area contributed by atoms with E-state index in [-0.39, 0.29) is 12.0 Å². The summed E-state index contributed by atoms with van der Waals surface area (Å²) in [6, 6.07) is 6.72. The van der Waals surface area contributed by atoms with E-state index in [1.54, 1.807) is 44.7 Å². The predicted molar refractivity (Wildman–Crippen MR) is 95.6 cm³/mol. The molecule has 1 saturated heterocycles. The molecule has 1 fully saturated rings. The lowest BCUT2D eigenvalue weighted by Gasteiger charge is -2.35. The first-order valence-electron chi connectivity index (χ1n) is 8.31. The van der Waals surface area contributed by atoms with Gasteiger partial charge < -0.3 is 19.7 Å². The van der Waals surface area contributed by atoms with Crippen LogP contribution in [-0.2, 0) is 14.3 Å². The Balaban J connectivity index is 1.94. The molecule has 0 spiro atoms. The van der Waals surface area contributed by atoms with E-state index in [9.17, 15) is 9.59 Å². The zero-order valence-electron chi connectivity index (χ0n) is 15.0. The third kappa shape index (κ3) is 5.90. The van der Waals surface area contributed by atoms with E-state index >= 15 is 0 Å². The number of rotatable bonds is 3. The molecule has 0 radical (unpaired) electrons. The number of halogens is 1. The van der Waals surface area contributed by atoms with E-state index in [4.69, 9.17) is 21.1 Å². The van der Waals surface area contributed by atoms with Crippen molar-refractivity contribution in [1.82, 2.24) is 10.2 Å². The minimum atomic E-state index is -0.668. The van der Waals surface area contributed by atoms with Crippen LogP contribution in [0.5, 0.6) is 0 Å². The summed E-state index contributed by atoms with van der Waals surface area (Å²) in [5.74, 6) is -0.159. The molecule has 7 heteroatoms. The Hall–Kier alpha value is -1.79. The number of nitrogens with one attached hydrogen (secondary N) is 1. The van der Waals surface area contributed by atoms with Crippen molar-refractivity contribution in [2.75, 3.05) is 19.7 Å². The first-order valence-corrected chi connectivity index (χ1v) is 8.69. The van der Waals surface area contributed by atoms with Crippen LogP contribution in [0, 0.1) is 0 Å². The summed E-state index contributed by atoms with van der Waals surface area (Å²) in [6.07, 6.45) is -0.806. The molecule has 1 aromatic carbocycles. The van der Waals surface area contributed by atoms with Crippen molar-refractivity contribution in [3.8, 4) is 0 Å². The number of ether oxygens (including phenoxy) is 2. The number of amides is 2. The average molecular weight is 369 g/mol. The summed E-state index contributed by atoms with van der Waals surface area (Å²) in [5.41, 5.74) is 0.362. The second-order valence-electron chi connectivity index (χ2n) is 7.06. The van der Waals surface area contributed by atoms with E-state index < -0.39 is 17.7 Å². The first kappa shape index (κ1) is 19.5. The Kier molecular flexibility index (Phi) is 6.30. The quantitative estimate of drug-likeness (QED) is 0.889. The van der Waals surface area contributed by atoms with Gasteiger partial charge in [-0.25, -0.2) is 4.79 Å². The van der Waals surface area contributed by atoms with Crippen LogP contribution in [0.3, 0.4) is 0 Å². The second-order valence-corrected chi connectivity index (χ2v) is 7.50. The summed E-state index contributed by atoms with van der Waals surface area (Å²) >= 11 is 5.91. The Labute approximate surface area is 153 Å². The number of nitrogens with zero attached hydrogens (tertiary/aromatic N) is 1. The maximum Gasteiger partial charge on any atom is 0.408 e. The molecule has 1 aliphatic rings. The van der Waals surface area contributed by atoms with Crippen LogP contribution < -0.4 is 5.32 Å². The zero-order chi connectivity index (χ0) is 18.6. The van der Waals surface area contributed by atoms with Crippen molar-refractivity contribution < 1.29 is 19.1 Å². The minimum absolute atomic E-state index is 0.159. The standard InChI is InChI=1S/C18H25ClN2O4/c1-12(20-17(23)25-18(2,3)4)16(22)21-9-10-24-15(11-21)13-5-7-14(19)8-6-13/h5-8,12,15H,9-11H2,1-4H3,(H,20,23). The van der Waals surface area contributed by atoms with Gasteiger partial charge in [-0.15, -0.1) is 0 Å². The first-order chi connectivity index (χ1) is 11.7. The molecule has 1 aromatic rings. The highest BCUT2D eigenvalue weighted by molar-refractivity contribution is 6.30. The van der Waals surface area contributed by atoms with E-state index in [2.05, 4.69) is 5.32 Å². The molecule has 0 saturated carbocycles. The highest BCUT2D eigenvalue weighted by Crippen LogP contribution is 2.24. The second kappa shape index (κ2) is 8.06. The maximum atomic E-state index is 12.6. The minimum Gasteiger partial charge on any atom is -0.444 e. The largest absolute Gasteiger partial charge is 0.444 e.